The highest BCUT2D eigenvalue weighted by Gasteiger charge is 2.15. The van der Waals surface area contributed by atoms with E-state index < -0.39 is 0 Å². The average molecular weight is 402 g/mol. The van der Waals surface area contributed by atoms with Gasteiger partial charge in [-0.25, -0.2) is 0 Å². The lowest BCUT2D eigenvalue weighted by atomic mass is 10.1. The van der Waals surface area contributed by atoms with Crippen LogP contribution in [0.4, 0.5) is 0 Å². The number of fused-ring (bicyclic) bond motifs is 1. The van der Waals surface area contributed by atoms with E-state index in [-0.39, 0.29) is 19.2 Å². The second-order valence-corrected chi connectivity index (χ2v) is 6.55. The summed E-state index contributed by atoms with van der Waals surface area (Å²) >= 11 is 0. The lowest BCUT2D eigenvalue weighted by Gasteiger charge is -2.14. The molecule has 0 radical (unpaired) electrons. The predicted molar refractivity (Wildman–Crippen MR) is 106 cm³/mol. The molecule has 0 unspecified atom stereocenters. The average Bonchev–Trinajstić information content (AvgIpc) is 3.22. The van der Waals surface area contributed by atoms with Gasteiger partial charge in [0.15, 0.2) is 23.0 Å². The van der Waals surface area contributed by atoms with Crippen LogP contribution in [0.25, 0.3) is 0 Å². The Morgan fingerprint density at radius 2 is 1.62 bits per heavy atom. The Labute approximate surface area is 170 Å². The van der Waals surface area contributed by atoms with Crippen LogP contribution in [-0.4, -0.2) is 40.7 Å². The molecule has 0 saturated heterocycles. The van der Waals surface area contributed by atoms with Crippen molar-refractivity contribution in [3.8, 4) is 28.7 Å². The van der Waals surface area contributed by atoms with E-state index in [1.807, 2.05) is 30.3 Å². The van der Waals surface area contributed by atoms with E-state index in [4.69, 9.17) is 28.4 Å². The second-order valence-electron chi connectivity index (χ2n) is 6.55. The molecular weight excluding hydrogens is 376 g/mol. The normalized spacial score (nSPS) is 11.8. The third kappa shape index (κ3) is 5.25. The number of carbonyl (C=O) groups excluding carboxylic acids is 1. The van der Waals surface area contributed by atoms with Gasteiger partial charge in [0.1, 0.15) is 0 Å². The highest BCUT2D eigenvalue weighted by molar-refractivity contribution is 5.70. The van der Waals surface area contributed by atoms with E-state index >= 15 is 0 Å². The minimum atomic E-state index is -0.232. The smallest absolute Gasteiger partial charge is 0.306 e. The molecular formula is C22H26O7. The Kier molecular flexibility index (Phi) is 7.05. The molecule has 7 heteroatoms. The van der Waals surface area contributed by atoms with Gasteiger partial charge < -0.3 is 28.4 Å². The van der Waals surface area contributed by atoms with Crippen LogP contribution in [0, 0.1) is 0 Å². The van der Waals surface area contributed by atoms with Crippen molar-refractivity contribution in [2.24, 2.45) is 0 Å². The summed E-state index contributed by atoms with van der Waals surface area (Å²) in [6.07, 6.45) is 2.35. The fraction of sp³-hybridized carbons (Fsp3) is 0.409. The molecule has 3 rings (SSSR count). The van der Waals surface area contributed by atoms with Gasteiger partial charge in [-0.05, 0) is 54.7 Å². The summed E-state index contributed by atoms with van der Waals surface area (Å²) < 4.78 is 32.0. The van der Waals surface area contributed by atoms with Crippen LogP contribution in [-0.2, 0) is 22.4 Å². The number of esters is 1. The van der Waals surface area contributed by atoms with Gasteiger partial charge in [0.2, 0.25) is 12.5 Å². The SMILES string of the molecule is COc1cc(CCC(=O)OCCCc2ccc3c(c2)OCO3)cc(OC)c1OC. The first-order valence-corrected chi connectivity index (χ1v) is 9.47. The minimum absolute atomic E-state index is 0.232. The first kappa shape index (κ1) is 20.6. The predicted octanol–water partition coefficient (Wildman–Crippen LogP) is 3.55. The van der Waals surface area contributed by atoms with E-state index in [1.54, 1.807) is 21.3 Å². The van der Waals surface area contributed by atoms with E-state index in [0.717, 1.165) is 35.5 Å². The van der Waals surface area contributed by atoms with Crippen LogP contribution in [0.3, 0.4) is 0 Å². The van der Waals surface area contributed by atoms with Crippen LogP contribution in [0.15, 0.2) is 30.3 Å². The first-order valence-electron chi connectivity index (χ1n) is 9.47. The van der Waals surface area contributed by atoms with Gasteiger partial charge >= 0.3 is 5.97 Å². The van der Waals surface area contributed by atoms with Gasteiger partial charge in [0, 0.05) is 6.42 Å². The van der Waals surface area contributed by atoms with Crippen molar-refractivity contribution >= 4 is 5.97 Å². The maximum Gasteiger partial charge on any atom is 0.306 e. The highest BCUT2D eigenvalue weighted by Crippen LogP contribution is 2.38. The Bertz CT molecular complexity index is 822. The fourth-order valence-electron chi connectivity index (χ4n) is 3.16. The van der Waals surface area contributed by atoms with Crippen LogP contribution in [0.5, 0.6) is 28.7 Å². The van der Waals surface area contributed by atoms with Crippen LogP contribution in [0.1, 0.15) is 24.0 Å². The number of rotatable bonds is 10. The molecule has 1 aliphatic rings. The van der Waals surface area contributed by atoms with Crippen LogP contribution < -0.4 is 23.7 Å². The topological polar surface area (TPSA) is 72.5 Å². The third-order valence-electron chi connectivity index (χ3n) is 4.65. The maximum absolute atomic E-state index is 12.1. The molecule has 2 aromatic rings. The zero-order valence-corrected chi connectivity index (χ0v) is 17.0. The van der Waals surface area contributed by atoms with Gasteiger partial charge in [-0.2, -0.15) is 0 Å². The number of carbonyl (C=O) groups is 1. The van der Waals surface area contributed by atoms with E-state index in [1.165, 1.54) is 0 Å². The number of aryl methyl sites for hydroxylation is 2. The molecule has 0 N–H and O–H groups in total. The lowest BCUT2D eigenvalue weighted by molar-refractivity contribution is -0.143. The number of hydrogen-bond donors (Lipinski definition) is 0. The van der Waals surface area contributed by atoms with Gasteiger partial charge in [-0.1, -0.05) is 6.07 Å². The molecule has 7 nitrogen and oxygen atoms in total. The Morgan fingerprint density at radius 1 is 0.897 bits per heavy atom. The molecule has 0 fully saturated rings. The van der Waals surface area contributed by atoms with Gasteiger partial charge in [0.05, 0.1) is 27.9 Å². The quantitative estimate of drug-likeness (QED) is 0.444. The van der Waals surface area contributed by atoms with E-state index in [2.05, 4.69) is 0 Å². The molecule has 0 amide bonds. The summed E-state index contributed by atoms with van der Waals surface area (Å²) in [6, 6.07) is 9.55. The molecule has 0 spiro atoms. The highest BCUT2D eigenvalue weighted by atomic mass is 16.7. The summed E-state index contributed by atoms with van der Waals surface area (Å²) in [5.41, 5.74) is 2.04. The van der Waals surface area contributed by atoms with E-state index in [9.17, 15) is 4.79 Å². The molecule has 0 bridgehead atoms. The van der Waals surface area contributed by atoms with Crippen LogP contribution in [0.2, 0.25) is 0 Å². The van der Waals surface area contributed by atoms with Crippen molar-refractivity contribution in [3.63, 3.8) is 0 Å². The number of methoxy groups -OCH3 is 3. The standard InChI is InChI=1S/C22H26O7/c1-24-19-12-16(13-20(25-2)22(19)26-3)7-9-21(23)27-10-4-5-15-6-8-17-18(11-15)29-14-28-17/h6,8,11-13H,4-5,7,9-10,14H2,1-3H3. The van der Waals surface area contributed by atoms with Crippen molar-refractivity contribution in [2.75, 3.05) is 34.7 Å². The van der Waals surface area contributed by atoms with Crippen molar-refractivity contribution < 1.29 is 33.2 Å². The van der Waals surface area contributed by atoms with Gasteiger partial charge in [0.25, 0.3) is 0 Å². The zero-order valence-electron chi connectivity index (χ0n) is 17.0. The van der Waals surface area contributed by atoms with Crippen molar-refractivity contribution in [3.05, 3.63) is 41.5 Å². The molecule has 0 aromatic heterocycles. The molecule has 1 aliphatic heterocycles. The van der Waals surface area contributed by atoms with E-state index in [0.29, 0.717) is 30.3 Å². The Hall–Kier alpha value is -3.09. The van der Waals surface area contributed by atoms with Crippen LogP contribution >= 0.6 is 0 Å². The summed E-state index contributed by atoms with van der Waals surface area (Å²) in [6.45, 7) is 0.644. The Balaban J connectivity index is 1.43. The molecule has 156 valence electrons. The molecule has 1 heterocycles. The largest absolute Gasteiger partial charge is 0.493 e. The first-order chi connectivity index (χ1) is 14.1. The maximum atomic E-state index is 12.1. The molecule has 0 atom stereocenters. The molecule has 29 heavy (non-hydrogen) atoms. The molecule has 2 aromatic carbocycles. The molecule has 0 saturated carbocycles. The monoisotopic (exact) mass is 402 g/mol. The number of benzene rings is 2. The second kappa shape index (κ2) is 9.91. The Morgan fingerprint density at radius 3 is 2.31 bits per heavy atom. The zero-order chi connectivity index (χ0) is 20.6. The van der Waals surface area contributed by atoms with Gasteiger partial charge in [-0.15, -0.1) is 0 Å². The van der Waals surface area contributed by atoms with Crippen molar-refractivity contribution in [1.29, 1.82) is 0 Å². The third-order valence-corrected chi connectivity index (χ3v) is 4.65. The van der Waals surface area contributed by atoms with Gasteiger partial charge in [-0.3, -0.25) is 4.79 Å². The summed E-state index contributed by atoms with van der Waals surface area (Å²) in [4.78, 5) is 12.1. The summed E-state index contributed by atoms with van der Waals surface area (Å²) in [5.74, 6) is 2.98. The lowest BCUT2D eigenvalue weighted by Crippen LogP contribution is -2.08. The minimum Gasteiger partial charge on any atom is -0.493 e. The fourth-order valence-corrected chi connectivity index (χ4v) is 3.16. The number of hydrogen-bond acceptors (Lipinski definition) is 7. The molecule has 0 aliphatic carbocycles. The number of ether oxygens (including phenoxy) is 6. The summed E-state index contributed by atoms with van der Waals surface area (Å²) in [7, 11) is 4.69. The summed E-state index contributed by atoms with van der Waals surface area (Å²) in [5, 5.41) is 0. The van der Waals surface area contributed by atoms with Crippen molar-refractivity contribution in [2.45, 2.75) is 25.7 Å². The van der Waals surface area contributed by atoms with Crippen molar-refractivity contribution in [1.82, 2.24) is 0 Å².